The van der Waals surface area contributed by atoms with Gasteiger partial charge in [-0.25, -0.2) is 0 Å². The van der Waals surface area contributed by atoms with Crippen LogP contribution in [-0.4, -0.2) is 44.9 Å². The molecule has 15 rings (SSSR count). The SMILES string of the molecule is CCCN(CCCl)[Si](C)(C)C.Clp1oc2ccc3ccccc3c2c2c(ccc3ccccc32)o1.c1ccc2c(c1)ccc1op(CCNCCp3oc4ccc5ccccc5c4c4c(ccc5ccccc54)o3)oc3ccc4ccccc4c3c12. The van der Waals surface area contributed by atoms with Crippen LogP contribution in [0.3, 0.4) is 0 Å². The van der Waals surface area contributed by atoms with Crippen molar-refractivity contribution in [3.05, 3.63) is 218 Å². The smallest absolute Gasteiger partial charge is 0.327 e. The minimum absolute atomic E-state index is 0.733. The summed E-state index contributed by atoms with van der Waals surface area (Å²) in [4.78, 5) is 0. The molecular formula is C72H65Cl2N2O6P3Si. The summed E-state index contributed by atoms with van der Waals surface area (Å²) in [5, 5.41) is 24.2. The number of halogens is 2. The predicted octanol–water partition coefficient (Wildman–Crippen LogP) is 24.2. The van der Waals surface area contributed by atoms with Crippen molar-refractivity contribution in [2.45, 2.75) is 45.3 Å². The molecule has 15 aromatic rings. The Morgan fingerprint density at radius 2 is 0.616 bits per heavy atom. The van der Waals surface area contributed by atoms with E-state index >= 15 is 0 Å². The summed E-state index contributed by atoms with van der Waals surface area (Å²) in [6.45, 7) is 13.1. The van der Waals surface area contributed by atoms with E-state index in [9.17, 15) is 0 Å². The third-order valence-electron chi connectivity index (χ3n) is 16.0. The van der Waals surface area contributed by atoms with Gasteiger partial charge in [0, 0.05) is 69.1 Å². The van der Waals surface area contributed by atoms with Crippen molar-refractivity contribution >= 4 is 185 Å². The second kappa shape index (κ2) is 25.5. The van der Waals surface area contributed by atoms with Crippen LogP contribution in [-0.2, 0) is 12.3 Å². The van der Waals surface area contributed by atoms with E-state index in [4.69, 9.17) is 48.0 Å². The molecule has 86 heavy (non-hydrogen) atoms. The average molecular weight is 1250 g/mol. The fraction of sp³-hybridized carbons (Fsp3) is 0.167. The number of nitrogens with one attached hydrogen (secondary N) is 1. The quantitative estimate of drug-likeness (QED) is 0.0778. The highest BCUT2D eigenvalue weighted by Crippen LogP contribution is 2.45. The summed E-state index contributed by atoms with van der Waals surface area (Å²) in [6, 6.07) is 75.8. The van der Waals surface area contributed by atoms with Gasteiger partial charge in [0.2, 0.25) is 16.0 Å². The van der Waals surface area contributed by atoms with Crippen LogP contribution >= 0.6 is 46.2 Å². The zero-order valence-corrected chi connectivity index (χ0v) is 53.6. The summed E-state index contributed by atoms with van der Waals surface area (Å²) < 4.78 is 41.2. The maximum Gasteiger partial charge on any atom is 0.327 e. The zero-order chi connectivity index (χ0) is 58.7. The first kappa shape index (κ1) is 57.7. The van der Waals surface area contributed by atoms with Crippen LogP contribution in [0.2, 0.25) is 19.6 Å². The van der Waals surface area contributed by atoms with Gasteiger partial charge in [-0.2, -0.15) is 0 Å². The zero-order valence-electron chi connectivity index (χ0n) is 48.4. The van der Waals surface area contributed by atoms with Gasteiger partial charge in [-0.15, -0.1) is 11.6 Å². The summed E-state index contributed by atoms with van der Waals surface area (Å²) in [7, 11) is -5.09. The largest absolute Gasteiger partial charge is 0.419 e. The Hall–Kier alpha value is -7.38. The van der Waals surface area contributed by atoms with Crippen molar-refractivity contribution in [2.24, 2.45) is 0 Å². The van der Waals surface area contributed by atoms with Crippen molar-refractivity contribution in [1.29, 1.82) is 0 Å². The fourth-order valence-corrected chi connectivity index (χ4v) is 17.7. The third kappa shape index (κ3) is 11.8. The normalized spacial score (nSPS) is 11.9. The third-order valence-corrected chi connectivity index (χ3v) is 22.4. The molecule has 3 heterocycles. The van der Waals surface area contributed by atoms with Crippen molar-refractivity contribution in [3.8, 4) is 0 Å². The van der Waals surface area contributed by atoms with Crippen LogP contribution < -0.4 is 5.32 Å². The molecule has 0 fully saturated rings. The summed E-state index contributed by atoms with van der Waals surface area (Å²) >= 11 is 12.0. The van der Waals surface area contributed by atoms with E-state index in [2.05, 4.69) is 218 Å². The molecular weight excluding hydrogens is 1180 g/mol. The summed E-state index contributed by atoms with van der Waals surface area (Å²) in [5.41, 5.74) is 5.02. The second-order valence-electron chi connectivity index (χ2n) is 22.4. The van der Waals surface area contributed by atoms with Gasteiger partial charge in [0.15, 0.2) is 0 Å². The first-order chi connectivity index (χ1) is 42.1. The van der Waals surface area contributed by atoms with Gasteiger partial charge in [0.05, 0.1) is 12.3 Å². The van der Waals surface area contributed by atoms with Crippen LogP contribution in [0, 0.1) is 0 Å². The number of alkyl halides is 1. The molecule has 0 saturated heterocycles. The second-order valence-corrected chi connectivity index (χ2v) is 32.4. The summed E-state index contributed by atoms with van der Waals surface area (Å²) in [5.74, 6) is 0.768. The van der Waals surface area contributed by atoms with Crippen LogP contribution in [0.25, 0.3) is 130 Å². The topological polar surface area (TPSA) is 94.1 Å². The lowest BCUT2D eigenvalue weighted by atomic mass is 9.99. The maximum absolute atomic E-state index is 6.72. The van der Waals surface area contributed by atoms with E-state index < -0.39 is 31.6 Å². The molecule has 0 aliphatic carbocycles. The standard InChI is InChI=1S/C44H33NO4P2.C20H12ClO2P.C8H20ClNSi/c1-5-13-33-29(9-1)17-21-37-41(33)42-34-14-6-2-10-30(34)18-22-38(42)47-50(46-37)27-25-45-26-28-51-48-39-23-19-31-11-3-7-15-35(31)43(39)44-36-16-8-4-12-32(36)20-24-40(44)49-51;21-24-22-17-11-9-13-5-1-3-7-15(13)19(17)20-16-8-4-2-6-14(16)10-12-18(20)23-24;1-5-7-10(8-6-9)11(2,3)4/h1-24,45H,25-28H2;1-12H;5-8H2,1-4H3. The highest BCUT2D eigenvalue weighted by molar-refractivity contribution is 7.68. The molecule has 3 aromatic heterocycles. The number of hydrogen-bond acceptors (Lipinski definition) is 8. The Morgan fingerprint density at radius 1 is 0.360 bits per heavy atom. The highest BCUT2D eigenvalue weighted by Gasteiger charge is 2.22. The van der Waals surface area contributed by atoms with Crippen molar-refractivity contribution in [1.82, 2.24) is 9.88 Å². The van der Waals surface area contributed by atoms with E-state index in [0.717, 1.165) is 114 Å². The van der Waals surface area contributed by atoms with E-state index in [1.165, 1.54) is 66.8 Å². The van der Waals surface area contributed by atoms with E-state index in [0.29, 0.717) is 0 Å². The molecule has 8 nitrogen and oxygen atoms in total. The van der Waals surface area contributed by atoms with Crippen LogP contribution in [0.5, 0.6) is 0 Å². The number of fused-ring (bicyclic) bond motifs is 21. The van der Waals surface area contributed by atoms with Gasteiger partial charge in [-0.1, -0.05) is 209 Å². The monoisotopic (exact) mass is 1240 g/mol. The molecule has 0 bridgehead atoms. The fourth-order valence-electron chi connectivity index (χ4n) is 12.0. The van der Waals surface area contributed by atoms with Gasteiger partial charge in [0.1, 0.15) is 41.7 Å². The first-order valence-corrected chi connectivity index (χ1v) is 38.1. The lowest BCUT2D eigenvalue weighted by molar-refractivity contribution is 0.446. The number of nitrogens with zero attached hydrogens (tertiary/aromatic N) is 1. The Kier molecular flexibility index (Phi) is 17.1. The molecule has 0 spiro atoms. The first-order valence-electron chi connectivity index (χ1n) is 29.3. The molecule has 0 unspecified atom stereocenters. The van der Waals surface area contributed by atoms with Gasteiger partial charge < -0.3 is 35.1 Å². The van der Waals surface area contributed by atoms with Gasteiger partial charge in [0.25, 0.3) is 0 Å². The van der Waals surface area contributed by atoms with Crippen LogP contribution in [0.15, 0.2) is 244 Å². The van der Waals surface area contributed by atoms with E-state index in [1.807, 2.05) is 36.4 Å². The maximum atomic E-state index is 6.72. The molecule has 0 amide bonds. The molecule has 432 valence electrons. The lowest BCUT2D eigenvalue weighted by Gasteiger charge is -2.33. The minimum atomic E-state index is -1.53. The van der Waals surface area contributed by atoms with Crippen molar-refractivity contribution in [2.75, 3.05) is 32.1 Å². The lowest BCUT2D eigenvalue weighted by Crippen LogP contribution is -2.47. The average Bonchev–Trinajstić information content (AvgIpc) is 1.58. The van der Waals surface area contributed by atoms with Gasteiger partial charge in [-0.3, -0.25) is 0 Å². The number of hydrogen-bond donors (Lipinski definition) is 1. The Bertz CT molecular complexity index is 4640. The molecule has 12 aromatic carbocycles. The van der Waals surface area contributed by atoms with Gasteiger partial charge in [-0.05, 0) is 114 Å². The van der Waals surface area contributed by atoms with Gasteiger partial charge >= 0.3 is 7.37 Å². The molecule has 1 N–H and O–H groups in total. The molecule has 0 aliphatic heterocycles. The van der Waals surface area contributed by atoms with E-state index in [1.54, 1.807) is 0 Å². The Balaban J connectivity index is 0.000000161. The molecule has 0 saturated carbocycles. The van der Waals surface area contributed by atoms with Crippen molar-refractivity contribution in [3.63, 3.8) is 0 Å². The molecule has 14 heteroatoms. The minimum Gasteiger partial charge on any atom is -0.419 e. The Labute approximate surface area is 512 Å². The molecule has 0 atom stereocenters. The summed E-state index contributed by atoms with van der Waals surface area (Å²) in [6.07, 6.45) is 2.70. The number of rotatable bonds is 11. The molecule has 0 aliphatic rings. The Morgan fingerprint density at radius 3 is 0.860 bits per heavy atom. The van der Waals surface area contributed by atoms with Crippen LogP contribution in [0.1, 0.15) is 13.3 Å². The highest BCUT2D eigenvalue weighted by atomic mass is 35.7. The van der Waals surface area contributed by atoms with Crippen molar-refractivity contribution < 1.29 is 25.2 Å². The van der Waals surface area contributed by atoms with E-state index in [-0.39, 0.29) is 0 Å². The number of benzene rings is 12. The van der Waals surface area contributed by atoms with Crippen LogP contribution in [0.4, 0.5) is 0 Å². The molecule has 0 radical (unpaired) electrons. The predicted molar refractivity (Wildman–Crippen MR) is 374 cm³/mol.